The van der Waals surface area contributed by atoms with Gasteiger partial charge < -0.3 is 15.6 Å². The molecule has 2 aromatic rings. The van der Waals surface area contributed by atoms with Gasteiger partial charge in [-0.1, -0.05) is 0 Å². The SMILES string of the molecule is Cc1nc(NC2CNC2)n2nc[nH]c(=O)c12. The van der Waals surface area contributed by atoms with Gasteiger partial charge in [-0.3, -0.25) is 4.79 Å². The molecule has 0 spiro atoms. The Kier molecular flexibility index (Phi) is 1.93. The largest absolute Gasteiger partial charge is 0.349 e. The Bertz CT molecular complexity index is 581. The molecule has 0 aromatic carbocycles. The first-order valence-corrected chi connectivity index (χ1v) is 5.16. The summed E-state index contributed by atoms with van der Waals surface area (Å²) < 4.78 is 1.55. The van der Waals surface area contributed by atoms with Crippen molar-refractivity contribution in [1.29, 1.82) is 0 Å². The highest BCUT2D eigenvalue weighted by Crippen LogP contribution is 2.12. The third kappa shape index (κ3) is 1.28. The summed E-state index contributed by atoms with van der Waals surface area (Å²) in [7, 11) is 0. The highest BCUT2D eigenvalue weighted by molar-refractivity contribution is 5.55. The number of hydrogen-bond donors (Lipinski definition) is 3. The minimum atomic E-state index is -0.167. The average molecular weight is 220 g/mol. The molecular weight excluding hydrogens is 208 g/mol. The zero-order chi connectivity index (χ0) is 11.1. The number of aromatic nitrogens is 4. The van der Waals surface area contributed by atoms with E-state index in [1.165, 1.54) is 6.33 Å². The Morgan fingerprint density at radius 1 is 1.56 bits per heavy atom. The van der Waals surface area contributed by atoms with Crippen molar-refractivity contribution in [3.63, 3.8) is 0 Å². The minimum absolute atomic E-state index is 0.167. The molecule has 3 heterocycles. The van der Waals surface area contributed by atoms with Crippen LogP contribution in [-0.4, -0.2) is 38.7 Å². The van der Waals surface area contributed by atoms with Gasteiger partial charge in [0.05, 0.1) is 11.7 Å². The molecular formula is C9H12N6O. The Hall–Kier alpha value is -1.89. The number of imidazole rings is 1. The molecule has 7 heteroatoms. The lowest BCUT2D eigenvalue weighted by Gasteiger charge is -2.27. The van der Waals surface area contributed by atoms with Crippen molar-refractivity contribution >= 4 is 11.5 Å². The first kappa shape index (κ1) is 9.34. The maximum atomic E-state index is 11.6. The minimum Gasteiger partial charge on any atom is -0.349 e. The van der Waals surface area contributed by atoms with Crippen LogP contribution < -0.4 is 16.2 Å². The third-order valence-electron chi connectivity index (χ3n) is 2.73. The third-order valence-corrected chi connectivity index (χ3v) is 2.73. The summed E-state index contributed by atoms with van der Waals surface area (Å²) in [5.41, 5.74) is 1.01. The van der Waals surface area contributed by atoms with E-state index in [-0.39, 0.29) is 5.56 Å². The average Bonchev–Trinajstić information content (AvgIpc) is 2.51. The number of aromatic amines is 1. The van der Waals surface area contributed by atoms with Crippen molar-refractivity contribution in [3.8, 4) is 0 Å². The number of fused-ring (bicyclic) bond motifs is 1. The lowest BCUT2D eigenvalue weighted by atomic mass is 10.2. The van der Waals surface area contributed by atoms with Crippen molar-refractivity contribution < 1.29 is 0 Å². The zero-order valence-electron chi connectivity index (χ0n) is 8.82. The molecule has 7 nitrogen and oxygen atoms in total. The highest BCUT2D eigenvalue weighted by Gasteiger charge is 2.20. The smallest absolute Gasteiger partial charge is 0.277 e. The van der Waals surface area contributed by atoms with Gasteiger partial charge in [0.1, 0.15) is 6.33 Å². The van der Waals surface area contributed by atoms with E-state index in [0.717, 1.165) is 13.1 Å². The molecule has 0 bridgehead atoms. The summed E-state index contributed by atoms with van der Waals surface area (Å²) in [6.45, 7) is 3.63. The number of nitrogens with one attached hydrogen (secondary N) is 3. The summed E-state index contributed by atoms with van der Waals surface area (Å²) in [6, 6.07) is 0.367. The summed E-state index contributed by atoms with van der Waals surface area (Å²) in [4.78, 5) is 18.4. The van der Waals surface area contributed by atoms with Gasteiger partial charge in [-0.2, -0.15) is 9.61 Å². The maximum absolute atomic E-state index is 11.6. The highest BCUT2D eigenvalue weighted by atomic mass is 16.1. The topological polar surface area (TPSA) is 87.1 Å². The Balaban J connectivity index is 2.11. The van der Waals surface area contributed by atoms with Gasteiger partial charge in [0.2, 0.25) is 5.95 Å². The quantitative estimate of drug-likeness (QED) is 0.611. The second kappa shape index (κ2) is 3.31. The molecule has 16 heavy (non-hydrogen) atoms. The van der Waals surface area contributed by atoms with E-state index in [0.29, 0.717) is 23.2 Å². The molecule has 0 amide bonds. The zero-order valence-corrected chi connectivity index (χ0v) is 8.82. The fraction of sp³-hybridized carbons (Fsp3) is 0.444. The molecule has 0 aliphatic carbocycles. The van der Waals surface area contributed by atoms with Gasteiger partial charge in [0.25, 0.3) is 5.56 Å². The summed E-state index contributed by atoms with van der Waals surface area (Å²) >= 11 is 0. The molecule has 0 unspecified atom stereocenters. The van der Waals surface area contributed by atoms with Crippen molar-refractivity contribution in [2.45, 2.75) is 13.0 Å². The van der Waals surface area contributed by atoms with E-state index in [1.54, 1.807) is 11.4 Å². The monoisotopic (exact) mass is 220 g/mol. The Labute approximate surface area is 90.9 Å². The molecule has 1 saturated heterocycles. The number of aryl methyl sites for hydroxylation is 1. The number of hydrogen-bond acceptors (Lipinski definition) is 5. The van der Waals surface area contributed by atoms with Crippen molar-refractivity contribution in [3.05, 3.63) is 22.4 Å². The molecule has 2 aromatic heterocycles. The van der Waals surface area contributed by atoms with E-state index >= 15 is 0 Å². The first-order valence-electron chi connectivity index (χ1n) is 5.16. The van der Waals surface area contributed by atoms with Crippen LogP contribution in [0.1, 0.15) is 5.69 Å². The fourth-order valence-corrected chi connectivity index (χ4v) is 1.77. The normalized spacial score (nSPS) is 16.3. The molecule has 0 radical (unpaired) electrons. The summed E-state index contributed by atoms with van der Waals surface area (Å²) in [5.74, 6) is 0.630. The van der Waals surface area contributed by atoms with Crippen LogP contribution in [0.4, 0.5) is 5.95 Å². The van der Waals surface area contributed by atoms with Crippen LogP contribution in [0.25, 0.3) is 5.52 Å². The standard InChI is InChI=1S/C9H12N6O/c1-5-7-8(16)11-4-12-15(7)9(13-5)14-6-2-10-3-6/h4,6,10H,2-3H2,1H3,(H,13,14)(H,11,12,16). The molecule has 3 N–H and O–H groups in total. The number of nitrogens with zero attached hydrogens (tertiary/aromatic N) is 3. The molecule has 1 aliphatic heterocycles. The maximum Gasteiger partial charge on any atom is 0.277 e. The first-order chi connectivity index (χ1) is 7.75. The van der Waals surface area contributed by atoms with Crippen LogP contribution in [-0.2, 0) is 0 Å². The van der Waals surface area contributed by atoms with Gasteiger partial charge in [-0.15, -0.1) is 0 Å². The van der Waals surface area contributed by atoms with E-state index in [1.807, 2.05) is 0 Å². The number of anilines is 1. The van der Waals surface area contributed by atoms with Crippen LogP contribution in [0.3, 0.4) is 0 Å². The van der Waals surface area contributed by atoms with Gasteiger partial charge in [0, 0.05) is 13.1 Å². The van der Waals surface area contributed by atoms with Gasteiger partial charge in [-0.05, 0) is 6.92 Å². The van der Waals surface area contributed by atoms with Gasteiger partial charge in [0.15, 0.2) is 5.52 Å². The van der Waals surface area contributed by atoms with Gasteiger partial charge in [-0.25, -0.2) is 4.98 Å². The molecule has 1 aliphatic rings. The molecule has 3 rings (SSSR count). The van der Waals surface area contributed by atoms with Gasteiger partial charge >= 0.3 is 0 Å². The summed E-state index contributed by atoms with van der Waals surface area (Å²) in [6.07, 6.45) is 1.38. The Morgan fingerprint density at radius 2 is 2.38 bits per heavy atom. The van der Waals surface area contributed by atoms with Crippen molar-refractivity contribution in [2.75, 3.05) is 18.4 Å². The van der Waals surface area contributed by atoms with E-state index in [4.69, 9.17) is 0 Å². The predicted molar refractivity (Wildman–Crippen MR) is 58.6 cm³/mol. The molecule has 1 fully saturated rings. The molecule has 84 valence electrons. The predicted octanol–water partition coefficient (Wildman–Crippen LogP) is -0.890. The van der Waals surface area contributed by atoms with Crippen LogP contribution >= 0.6 is 0 Å². The lowest BCUT2D eigenvalue weighted by Crippen LogP contribution is -2.51. The van der Waals surface area contributed by atoms with E-state index in [9.17, 15) is 4.79 Å². The number of rotatable bonds is 2. The lowest BCUT2D eigenvalue weighted by molar-refractivity contribution is 0.469. The fourth-order valence-electron chi connectivity index (χ4n) is 1.77. The van der Waals surface area contributed by atoms with Crippen LogP contribution in [0.5, 0.6) is 0 Å². The Morgan fingerprint density at radius 3 is 3.06 bits per heavy atom. The van der Waals surface area contributed by atoms with Crippen LogP contribution in [0.2, 0.25) is 0 Å². The van der Waals surface area contributed by atoms with Crippen molar-refractivity contribution in [1.82, 2.24) is 24.9 Å². The summed E-state index contributed by atoms with van der Waals surface area (Å²) in [5, 5.41) is 10.5. The van der Waals surface area contributed by atoms with Crippen LogP contribution in [0, 0.1) is 6.92 Å². The molecule has 0 atom stereocenters. The second-order valence-corrected chi connectivity index (χ2v) is 3.90. The van der Waals surface area contributed by atoms with E-state index in [2.05, 4.69) is 25.7 Å². The van der Waals surface area contributed by atoms with E-state index < -0.39 is 0 Å². The number of H-pyrrole nitrogens is 1. The molecule has 0 saturated carbocycles. The second-order valence-electron chi connectivity index (χ2n) is 3.90. The van der Waals surface area contributed by atoms with Crippen LogP contribution in [0.15, 0.2) is 11.1 Å². The van der Waals surface area contributed by atoms with Crippen molar-refractivity contribution in [2.24, 2.45) is 0 Å².